The lowest BCUT2D eigenvalue weighted by Crippen LogP contribution is -2.30. The van der Waals surface area contributed by atoms with Gasteiger partial charge in [-0.25, -0.2) is 8.42 Å². The van der Waals surface area contributed by atoms with E-state index in [-0.39, 0.29) is 29.6 Å². The molecule has 31 heavy (non-hydrogen) atoms. The predicted octanol–water partition coefficient (Wildman–Crippen LogP) is 3.10. The van der Waals surface area contributed by atoms with E-state index in [4.69, 9.17) is 11.6 Å². The van der Waals surface area contributed by atoms with Gasteiger partial charge in [-0.1, -0.05) is 17.7 Å². The molecule has 1 N–H and O–H groups in total. The van der Waals surface area contributed by atoms with E-state index in [1.54, 1.807) is 24.1 Å². The molecule has 0 unspecified atom stereocenters. The van der Waals surface area contributed by atoms with Crippen molar-refractivity contribution in [1.29, 1.82) is 0 Å². The quantitative estimate of drug-likeness (QED) is 0.472. The van der Waals surface area contributed by atoms with Gasteiger partial charge in [0.05, 0.1) is 16.4 Å². The van der Waals surface area contributed by atoms with E-state index >= 15 is 0 Å². The van der Waals surface area contributed by atoms with Gasteiger partial charge in [-0.2, -0.15) is 4.31 Å². The number of nitrogens with zero attached hydrogens (tertiary/aromatic N) is 3. The molecular formula is C20H23ClN4O5S. The molecule has 11 heteroatoms. The number of carbonyl (C=O) groups excluding carboxylic acids is 1. The molecule has 0 saturated carbocycles. The molecule has 3 rings (SSSR count). The number of sulfonamides is 1. The number of amides is 1. The first-order valence-electron chi connectivity index (χ1n) is 9.68. The fraction of sp³-hybridized carbons (Fsp3) is 0.350. The number of hydrogen-bond donors (Lipinski definition) is 1. The Hall–Kier alpha value is -2.53. The van der Waals surface area contributed by atoms with E-state index in [1.165, 1.54) is 34.6 Å². The number of carbonyl (C=O) groups is 1. The first kappa shape index (κ1) is 23.1. The van der Waals surface area contributed by atoms with Crippen LogP contribution in [0.15, 0.2) is 47.4 Å². The number of nitro groups is 1. The molecule has 2 aromatic carbocycles. The van der Waals surface area contributed by atoms with E-state index in [1.807, 2.05) is 0 Å². The Morgan fingerprint density at radius 2 is 1.94 bits per heavy atom. The summed E-state index contributed by atoms with van der Waals surface area (Å²) >= 11 is 6.11. The van der Waals surface area contributed by atoms with Crippen molar-refractivity contribution in [2.75, 3.05) is 32.0 Å². The van der Waals surface area contributed by atoms with Crippen LogP contribution < -0.4 is 5.32 Å². The predicted molar refractivity (Wildman–Crippen MR) is 118 cm³/mol. The topological polar surface area (TPSA) is 113 Å². The van der Waals surface area contributed by atoms with Crippen LogP contribution >= 0.6 is 11.6 Å². The number of non-ortho nitro benzene ring substituents is 1. The van der Waals surface area contributed by atoms with Gasteiger partial charge < -0.3 is 5.32 Å². The Balaban J connectivity index is 1.63. The third-order valence-electron chi connectivity index (χ3n) is 4.91. The van der Waals surface area contributed by atoms with Crippen molar-refractivity contribution in [3.05, 3.63) is 63.2 Å². The molecule has 166 valence electrons. The van der Waals surface area contributed by atoms with Crippen LogP contribution in [0.5, 0.6) is 0 Å². The third kappa shape index (κ3) is 5.79. The molecule has 1 saturated heterocycles. The number of anilines is 1. The maximum atomic E-state index is 12.7. The minimum absolute atomic E-state index is 0.0118. The van der Waals surface area contributed by atoms with Gasteiger partial charge in [0.15, 0.2) is 0 Å². The number of hydrogen-bond acceptors (Lipinski definition) is 6. The Morgan fingerprint density at radius 3 is 2.61 bits per heavy atom. The van der Waals surface area contributed by atoms with Crippen molar-refractivity contribution in [3.8, 4) is 0 Å². The highest BCUT2D eigenvalue weighted by Gasteiger charge is 2.27. The van der Waals surface area contributed by atoms with Crippen LogP contribution in [0.2, 0.25) is 5.02 Å². The molecule has 1 aliphatic rings. The van der Waals surface area contributed by atoms with Crippen molar-refractivity contribution in [3.63, 3.8) is 0 Å². The summed E-state index contributed by atoms with van der Waals surface area (Å²) in [6.45, 7) is 1.23. The summed E-state index contributed by atoms with van der Waals surface area (Å²) in [5.41, 5.74) is 0.838. The second kappa shape index (κ2) is 9.73. The van der Waals surface area contributed by atoms with E-state index in [0.717, 1.165) is 12.8 Å². The monoisotopic (exact) mass is 466 g/mol. The fourth-order valence-electron chi connectivity index (χ4n) is 3.40. The lowest BCUT2D eigenvalue weighted by molar-refractivity contribution is -0.384. The van der Waals surface area contributed by atoms with Crippen molar-refractivity contribution < 1.29 is 18.1 Å². The molecule has 0 aromatic heterocycles. The Kier molecular flexibility index (Phi) is 7.26. The number of nitro benzene ring substituents is 1. The van der Waals surface area contributed by atoms with E-state index < -0.39 is 14.9 Å². The first-order chi connectivity index (χ1) is 14.7. The van der Waals surface area contributed by atoms with Crippen LogP contribution in [0.4, 0.5) is 11.4 Å². The van der Waals surface area contributed by atoms with Gasteiger partial charge in [0.2, 0.25) is 15.9 Å². The second-order valence-corrected chi connectivity index (χ2v) is 9.74. The normalized spacial score (nSPS) is 14.7. The molecule has 1 aliphatic heterocycles. The van der Waals surface area contributed by atoms with Crippen LogP contribution in [0.25, 0.3) is 0 Å². The summed E-state index contributed by atoms with van der Waals surface area (Å²) in [5, 5.41) is 14.0. The van der Waals surface area contributed by atoms with Crippen LogP contribution in [0, 0.1) is 10.1 Å². The number of rotatable bonds is 8. The van der Waals surface area contributed by atoms with Crippen molar-refractivity contribution >= 4 is 38.9 Å². The Bertz CT molecular complexity index is 1090. The second-order valence-electron chi connectivity index (χ2n) is 7.39. The minimum Gasteiger partial charge on any atom is -0.325 e. The van der Waals surface area contributed by atoms with E-state index in [9.17, 15) is 23.3 Å². The summed E-state index contributed by atoms with van der Waals surface area (Å²) in [6.07, 6.45) is 1.69. The molecule has 0 radical (unpaired) electrons. The van der Waals surface area contributed by atoms with Crippen molar-refractivity contribution in [2.45, 2.75) is 24.3 Å². The van der Waals surface area contributed by atoms with E-state index in [2.05, 4.69) is 5.32 Å². The average molecular weight is 467 g/mol. The van der Waals surface area contributed by atoms with Gasteiger partial charge in [0.1, 0.15) is 0 Å². The van der Waals surface area contributed by atoms with Crippen LogP contribution in [0.3, 0.4) is 0 Å². The molecule has 2 aromatic rings. The fourth-order valence-corrected chi connectivity index (χ4v) is 5.14. The summed E-state index contributed by atoms with van der Waals surface area (Å²) in [6, 6.07) is 10.3. The molecule has 1 amide bonds. The third-order valence-corrected chi connectivity index (χ3v) is 7.18. The lowest BCUT2D eigenvalue weighted by atomic mass is 10.2. The van der Waals surface area contributed by atoms with Crippen LogP contribution in [-0.4, -0.2) is 55.1 Å². The molecule has 9 nitrogen and oxygen atoms in total. The smallest absolute Gasteiger partial charge is 0.269 e. The number of halogens is 1. The van der Waals surface area contributed by atoms with Gasteiger partial charge in [0, 0.05) is 42.5 Å². The lowest BCUT2D eigenvalue weighted by Gasteiger charge is -2.18. The minimum atomic E-state index is -3.57. The summed E-state index contributed by atoms with van der Waals surface area (Å²) in [7, 11) is -1.89. The zero-order chi connectivity index (χ0) is 22.6. The molecule has 0 spiro atoms. The SMILES string of the molecule is CN(CC(=O)Nc1cccc(S(=O)(=O)N2CCCC2)c1)Cc1cc([N+](=O)[O-])ccc1Cl. The number of nitrogens with one attached hydrogen (secondary N) is 1. The maximum absolute atomic E-state index is 12.7. The highest BCUT2D eigenvalue weighted by atomic mass is 35.5. The van der Waals surface area contributed by atoms with Gasteiger partial charge in [-0.15, -0.1) is 0 Å². The summed E-state index contributed by atoms with van der Waals surface area (Å²) in [4.78, 5) is 24.7. The molecule has 0 aliphatic carbocycles. The highest BCUT2D eigenvalue weighted by molar-refractivity contribution is 7.89. The molecule has 1 heterocycles. The molecule has 1 fully saturated rings. The maximum Gasteiger partial charge on any atom is 0.269 e. The highest BCUT2D eigenvalue weighted by Crippen LogP contribution is 2.24. The number of benzene rings is 2. The summed E-state index contributed by atoms with van der Waals surface area (Å²) in [5.74, 6) is -0.347. The van der Waals surface area contributed by atoms with Crippen molar-refractivity contribution in [2.24, 2.45) is 0 Å². The van der Waals surface area contributed by atoms with Crippen molar-refractivity contribution in [1.82, 2.24) is 9.21 Å². The number of likely N-dealkylation sites (N-methyl/N-ethyl adjacent to an activating group) is 1. The van der Waals surface area contributed by atoms with Gasteiger partial charge >= 0.3 is 0 Å². The van der Waals surface area contributed by atoms with Crippen LogP contribution in [0.1, 0.15) is 18.4 Å². The zero-order valence-corrected chi connectivity index (χ0v) is 18.5. The van der Waals surface area contributed by atoms with Gasteiger partial charge in [0.25, 0.3) is 5.69 Å². The largest absolute Gasteiger partial charge is 0.325 e. The molecular weight excluding hydrogens is 444 g/mol. The molecule has 0 bridgehead atoms. The Labute approximate surface area is 185 Å². The summed E-state index contributed by atoms with van der Waals surface area (Å²) < 4.78 is 26.9. The molecule has 0 atom stereocenters. The van der Waals surface area contributed by atoms with Gasteiger partial charge in [-0.3, -0.25) is 19.8 Å². The Morgan fingerprint density at radius 1 is 1.23 bits per heavy atom. The van der Waals surface area contributed by atoms with Crippen LogP contribution in [-0.2, 0) is 21.4 Å². The standard InChI is InChI=1S/C20H23ClN4O5S/c1-23(13-15-11-17(25(27)28)7-8-19(15)21)14-20(26)22-16-5-4-6-18(12-16)31(29,30)24-9-2-3-10-24/h4-8,11-12H,2-3,9-10,13-14H2,1H3,(H,22,26). The average Bonchev–Trinajstić information content (AvgIpc) is 3.25. The van der Waals surface area contributed by atoms with E-state index in [0.29, 0.717) is 29.4 Å². The van der Waals surface area contributed by atoms with Gasteiger partial charge in [-0.05, 0) is 49.7 Å². The zero-order valence-electron chi connectivity index (χ0n) is 17.0. The first-order valence-corrected chi connectivity index (χ1v) is 11.5.